The van der Waals surface area contributed by atoms with Gasteiger partial charge in [-0.1, -0.05) is 0 Å². The van der Waals surface area contributed by atoms with Crippen LogP contribution < -0.4 is 5.73 Å². The summed E-state index contributed by atoms with van der Waals surface area (Å²) in [6.45, 7) is 2.31. The third kappa shape index (κ3) is 1.60. The van der Waals surface area contributed by atoms with Gasteiger partial charge in [-0.2, -0.15) is 0 Å². The summed E-state index contributed by atoms with van der Waals surface area (Å²) in [7, 11) is 0. The van der Waals surface area contributed by atoms with Crippen molar-refractivity contribution in [1.29, 1.82) is 0 Å². The van der Waals surface area contributed by atoms with Crippen molar-refractivity contribution in [2.24, 2.45) is 0 Å². The molecule has 0 radical (unpaired) electrons. The van der Waals surface area contributed by atoms with E-state index in [2.05, 4.69) is 6.92 Å². The van der Waals surface area contributed by atoms with Crippen LogP contribution in [0.2, 0.25) is 0 Å². The third-order valence-corrected chi connectivity index (χ3v) is 6.02. The number of hydrogen-bond acceptors (Lipinski definition) is 4. The molecular weight excluding hydrogens is 236 g/mol. The van der Waals surface area contributed by atoms with Gasteiger partial charge in [0.05, 0.1) is 15.0 Å². The number of rotatable bonds is 1. The van der Waals surface area contributed by atoms with Gasteiger partial charge in [-0.25, -0.2) is 4.98 Å². The van der Waals surface area contributed by atoms with E-state index in [1.807, 2.05) is 30.0 Å². The average Bonchev–Trinajstić information content (AvgIpc) is 2.84. The van der Waals surface area contributed by atoms with E-state index < -0.39 is 0 Å². The van der Waals surface area contributed by atoms with E-state index in [1.54, 1.807) is 11.3 Å². The highest BCUT2D eigenvalue weighted by Crippen LogP contribution is 2.48. The van der Waals surface area contributed by atoms with Crippen LogP contribution in [-0.2, 0) is 4.75 Å². The number of nitrogen functional groups attached to an aromatic ring is 1. The molecule has 2 N–H and O–H groups in total. The lowest BCUT2D eigenvalue weighted by Crippen LogP contribution is -2.11. The zero-order chi connectivity index (χ0) is 11.2. The number of nitrogens with two attached hydrogens (primary N) is 1. The second-order valence-corrected chi connectivity index (χ2v) is 7.06. The predicted molar refractivity (Wildman–Crippen MR) is 73.1 cm³/mol. The number of thiazole rings is 1. The number of thioether (sulfide) groups is 1. The molecule has 16 heavy (non-hydrogen) atoms. The van der Waals surface area contributed by atoms with E-state index in [1.165, 1.54) is 28.3 Å². The van der Waals surface area contributed by atoms with E-state index in [-0.39, 0.29) is 4.75 Å². The molecule has 1 saturated heterocycles. The van der Waals surface area contributed by atoms with Crippen molar-refractivity contribution in [3.05, 3.63) is 23.2 Å². The monoisotopic (exact) mass is 250 g/mol. The molecule has 1 fully saturated rings. The zero-order valence-electron chi connectivity index (χ0n) is 9.19. The van der Waals surface area contributed by atoms with Gasteiger partial charge < -0.3 is 5.73 Å². The number of benzene rings is 1. The Kier molecular flexibility index (Phi) is 2.37. The van der Waals surface area contributed by atoms with Crippen LogP contribution in [-0.4, -0.2) is 10.7 Å². The van der Waals surface area contributed by atoms with E-state index in [4.69, 9.17) is 10.7 Å². The second-order valence-electron chi connectivity index (χ2n) is 4.43. The molecule has 2 heterocycles. The lowest BCUT2D eigenvalue weighted by Gasteiger charge is -2.18. The van der Waals surface area contributed by atoms with Gasteiger partial charge in [-0.15, -0.1) is 23.1 Å². The van der Waals surface area contributed by atoms with Gasteiger partial charge in [-0.05, 0) is 43.7 Å². The summed E-state index contributed by atoms with van der Waals surface area (Å²) in [5.74, 6) is 1.26. The highest BCUT2D eigenvalue weighted by molar-refractivity contribution is 8.00. The molecule has 0 saturated carbocycles. The summed E-state index contributed by atoms with van der Waals surface area (Å²) in [6.07, 6.45) is 2.55. The minimum atomic E-state index is 0.235. The number of nitrogens with zero attached hydrogens (tertiary/aromatic N) is 1. The maximum Gasteiger partial charge on any atom is 0.110 e. The van der Waals surface area contributed by atoms with Crippen molar-refractivity contribution >= 4 is 39.0 Å². The molecule has 3 rings (SSSR count). The van der Waals surface area contributed by atoms with Gasteiger partial charge in [-0.3, -0.25) is 0 Å². The molecule has 1 aliphatic heterocycles. The SMILES string of the molecule is CC1(c2nc3ccc(N)cc3s2)CCCS1. The number of anilines is 1. The van der Waals surface area contributed by atoms with Crippen molar-refractivity contribution < 1.29 is 0 Å². The summed E-state index contributed by atoms with van der Waals surface area (Å²) < 4.78 is 1.45. The summed E-state index contributed by atoms with van der Waals surface area (Å²) in [5.41, 5.74) is 7.71. The maximum absolute atomic E-state index is 5.79. The summed E-state index contributed by atoms with van der Waals surface area (Å²) in [5, 5.41) is 1.26. The van der Waals surface area contributed by atoms with Crippen molar-refractivity contribution in [1.82, 2.24) is 4.98 Å². The summed E-state index contributed by atoms with van der Waals surface area (Å²) >= 11 is 3.83. The van der Waals surface area contributed by atoms with Crippen molar-refractivity contribution in [2.75, 3.05) is 11.5 Å². The summed E-state index contributed by atoms with van der Waals surface area (Å²) in [6, 6.07) is 5.98. The Morgan fingerprint density at radius 1 is 1.44 bits per heavy atom. The minimum absolute atomic E-state index is 0.235. The normalized spacial score (nSPS) is 25.3. The number of fused-ring (bicyclic) bond motifs is 1. The molecule has 2 aromatic rings. The van der Waals surface area contributed by atoms with Crippen LogP contribution in [0.5, 0.6) is 0 Å². The molecule has 1 atom stereocenters. The average molecular weight is 250 g/mol. The van der Waals surface area contributed by atoms with Crippen LogP contribution in [0, 0.1) is 0 Å². The molecule has 84 valence electrons. The van der Waals surface area contributed by atoms with Crippen LogP contribution in [0.25, 0.3) is 10.2 Å². The smallest absolute Gasteiger partial charge is 0.110 e. The highest BCUT2D eigenvalue weighted by Gasteiger charge is 2.34. The lowest BCUT2D eigenvalue weighted by atomic mass is 10.1. The van der Waals surface area contributed by atoms with Crippen LogP contribution in [0.4, 0.5) is 5.69 Å². The van der Waals surface area contributed by atoms with Gasteiger partial charge in [0.2, 0.25) is 0 Å². The molecule has 1 aromatic carbocycles. The second kappa shape index (κ2) is 3.64. The molecule has 1 unspecified atom stereocenters. The third-order valence-electron chi connectivity index (χ3n) is 3.08. The molecule has 1 aliphatic rings. The fourth-order valence-corrected chi connectivity index (χ4v) is 4.70. The van der Waals surface area contributed by atoms with Crippen molar-refractivity contribution in [2.45, 2.75) is 24.5 Å². The molecule has 0 aliphatic carbocycles. The van der Waals surface area contributed by atoms with Crippen LogP contribution in [0.3, 0.4) is 0 Å². The van der Waals surface area contributed by atoms with E-state index in [0.717, 1.165) is 11.2 Å². The Bertz CT molecular complexity index is 527. The first-order valence-corrected chi connectivity index (χ1v) is 7.28. The minimum Gasteiger partial charge on any atom is -0.399 e. The van der Waals surface area contributed by atoms with Gasteiger partial charge >= 0.3 is 0 Å². The Labute approximate surface area is 103 Å². The van der Waals surface area contributed by atoms with Crippen molar-refractivity contribution in [3.63, 3.8) is 0 Å². The molecule has 1 aromatic heterocycles. The van der Waals surface area contributed by atoms with Gasteiger partial charge in [0.1, 0.15) is 5.01 Å². The maximum atomic E-state index is 5.79. The topological polar surface area (TPSA) is 38.9 Å². The van der Waals surface area contributed by atoms with Crippen LogP contribution >= 0.6 is 23.1 Å². The van der Waals surface area contributed by atoms with Gasteiger partial charge in [0.25, 0.3) is 0 Å². The predicted octanol–water partition coefficient (Wildman–Crippen LogP) is 3.62. The zero-order valence-corrected chi connectivity index (χ0v) is 10.8. The van der Waals surface area contributed by atoms with Crippen molar-refractivity contribution in [3.8, 4) is 0 Å². The number of hydrogen-bond donors (Lipinski definition) is 1. The Morgan fingerprint density at radius 3 is 3.06 bits per heavy atom. The fraction of sp³-hybridized carbons (Fsp3) is 0.417. The van der Waals surface area contributed by atoms with Crippen LogP contribution in [0.1, 0.15) is 24.8 Å². The molecule has 0 spiro atoms. The Morgan fingerprint density at radius 2 is 2.31 bits per heavy atom. The lowest BCUT2D eigenvalue weighted by molar-refractivity contribution is 0.643. The first kappa shape index (κ1) is 10.4. The van der Waals surface area contributed by atoms with E-state index in [9.17, 15) is 0 Å². The first-order chi connectivity index (χ1) is 7.67. The largest absolute Gasteiger partial charge is 0.399 e. The molecule has 0 bridgehead atoms. The first-order valence-electron chi connectivity index (χ1n) is 5.48. The summed E-state index contributed by atoms with van der Waals surface area (Å²) in [4.78, 5) is 4.75. The molecular formula is C12H14N2S2. The highest BCUT2D eigenvalue weighted by atomic mass is 32.2. The van der Waals surface area contributed by atoms with Crippen LogP contribution in [0.15, 0.2) is 18.2 Å². The standard InChI is InChI=1S/C12H14N2S2/c1-12(5-2-6-15-12)11-14-9-4-3-8(13)7-10(9)16-11/h3-4,7H,2,5-6,13H2,1H3. The van der Waals surface area contributed by atoms with Gasteiger partial charge in [0, 0.05) is 5.69 Å². The Hall–Kier alpha value is -0.740. The molecule has 4 heteroatoms. The quantitative estimate of drug-likeness (QED) is 0.786. The fourth-order valence-electron chi connectivity index (χ4n) is 2.12. The Balaban J connectivity index is 2.11. The molecule has 0 amide bonds. The molecule has 2 nitrogen and oxygen atoms in total. The van der Waals surface area contributed by atoms with E-state index in [0.29, 0.717) is 0 Å². The van der Waals surface area contributed by atoms with Gasteiger partial charge in [0.15, 0.2) is 0 Å². The number of aromatic nitrogens is 1. The van der Waals surface area contributed by atoms with E-state index >= 15 is 0 Å².